The van der Waals surface area contributed by atoms with E-state index in [0.717, 1.165) is 0 Å². The Morgan fingerprint density at radius 2 is 1.88 bits per heavy atom. The van der Waals surface area contributed by atoms with Crippen LogP contribution in [-0.2, 0) is 4.79 Å². The molecular formula is C10H7F3O4. The lowest BCUT2D eigenvalue weighted by Gasteiger charge is -2.35. The van der Waals surface area contributed by atoms with E-state index in [0.29, 0.717) is 0 Å². The molecule has 0 fully saturated rings. The molecule has 2 rings (SSSR count). The van der Waals surface area contributed by atoms with Gasteiger partial charge < -0.3 is 14.6 Å². The van der Waals surface area contributed by atoms with Gasteiger partial charge in [-0.05, 0) is 12.1 Å². The first-order valence-electron chi connectivity index (χ1n) is 4.58. The van der Waals surface area contributed by atoms with Crippen molar-refractivity contribution in [3.8, 4) is 11.5 Å². The smallest absolute Gasteiger partial charge is 0.443 e. The van der Waals surface area contributed by atoms with Gasteiger partial charge in [0.2, 0.25) is 0 Å². The van der Waals surface area contributed by atoms with Crippen molar-refractivity contribution in [2.75, 3.05) is 6.61 Å². The first-order valence-corrected chi connectivity index (χ1v) is 4.58. The second-order valence-corrected chi connectivity index (χ2v) is 3.47. The number of hydrogen-bond donors (Lipinski definition) is 1. The largest absolute Gasteiger partial charge is 0.484 e. The van der Waals surface area contributed by atoms with E-state index in [2.05, 4.69) is 4.74 Å². The normalized spacial score (nSPS) is 23.2. The van der Waals surface area contributed by atoms with Gasteiger partial charge in [-0.3, -0.25) is 0 Å². The summed E-state index contributed by atoms with van der Waals surface area (Å²) in [5.74, 6) is -2.27. The van der Waals surface area contributed by atoms with Gasteiger partial charge >= 0.3 is 17.7 Å². The van der Waals surface area contributed by atoms with Crippen molar-refractivity contribution >= 4 is 5.97 Å². The monoisotopic (exact) mass is 248 g/mol. The van der Waals surface area contributed by atoms with E-state index in [-0.39, 0.29) is 11.5 Å². The fourth-order valence-electron chi connectivity index (χ4n) is 1.42. The highest BCUT2D eigenvalue weighted by atomic mass is 19.4. The maximum Gasteiger partial charge on any atom is 0.443 e. The highest BCUT2D eigenvalue weighted by Crippen LogP contribution is 2.42. The molecule has 1 aromatic rings. The van der Waals surface area contributed by atoms with Crippen LogP contribution in [0.15, 0.2) is 24.3 Å². The summed E-state index contributed by atoms with van der Waals surface area (Å²) in [7, 11) is 0. The second kappa shape index (κ2) is 3.54. The van der Waals surface area contributed by atoms with Crippen LogP contribution in [-0.4, -0.2) is 29.5 Å². The maximum atomic E-state index is 12.8. The molecule has 1 heterocycles. The molecule has 4 nitrogen and oxygen atoms in total. The lowest BCUT2D eigenvalue weighted by Crippen LogP contribution is -2.62. The van der Waals surface area contributed by atoms with Gasteiger partial charge in [-0.25, -0.2) is 4.79 Å². The Kier molecular flexibility index (Phi) is 2.41. The molecule has 0 spiro atoms. The predicted molar refractivity (Wildman–Crippen MR) is 49.0 cm³/mol. The summed E-state index contributed by atoms with van der Waals surface area (Å²) in [6.45, 7) is -1.11. The Bertz CT molecular complexity index is 457. The molecule has 0 radical (unpaired) electrons. The molecule has 17 heavy (non-hydrogen) atoms. The third-order valence-corrected chi connectivity index (χ3v) is 2.37. The highest BCUT2D eigenvalue weighted by Gasteiger charge is 2.66. The number of para-hydroxylation sites is 2. The Morgan fingerprint density at radius 1 is 1.29 bits per heavy atom. The van der Waals surface area contributed by atoms with Gasteiger partial charge in [0.1, 0.15) is 6.61 Å². The second-order valence-electron chi connectivity index (χ2n) is 3.47. The first kappa shape index (κ1) is 11.6. The number of benzene rings is 1. The van der Waals surface area contributed by atoms with Crippen molar-refractivity contribution in [1.29, 1.82) is 0 Å². The van der Waals surface area contributed by atoms with Crippen molar-refractivity contribution in [3.63, 3.8) is 0 Å². The van der Waals surface area contributed by atoms with Crippen LogP contribution >= 0.6 is 0 Å². The van der Waals surface area contributed by atoms with E-state index in [4.69, 9.17) is 9.84 Å². The number of ether oxygens (including phenoxy) is 2. The molecule has 7 heteroatoms. The number of hydrogen-bond acceptors (Lipinski definition) is 3. The summed E-state index contributed by atoms with van der Waals surface area (Å²) < 4.78 is 47.7. The Balaban J connectivity index is 2.45. The van der Waals surface area contributed by atoms with Crippen LogP contribution in [0.4, 0.5) is 13.2 Å². The number of carboxylic acids is 1. The number of carbonyl (C=O) groups is 1. The quantitative estimate of drug-likeness (QED) is 0.823. The zero-order valence-electron chi connectivity index (χ0n) is 8.32. The number of fused-ring (bicyclic) bond motifs is 1. The van der Waals surface area contributed by atoms with Crippen molar-refractivity contribution in [3.05, 3.63) is 24.3 Å². The Morgan fingerprint density at radius 3 is 2.41 bits per heavy atom. The predicted octanol–water partition coefficient (Wildman–Crippen LogP) is 1.84. The first-order chi connectivity index (χ1) is 7.87. The molecule has 92 valence electrons. The average Bonchev–Trinajstić information content (AvgIpc) is 2.26. The molecule has 1 N–H and O–H groups in total. The topological polar surface area (TPSA) is 55.8 Å². The zero-order chi connectivity index (χ0) is 12.7. The lowest BCUT2D eigenvalue weighted by atomic mass is 10.0. The fraction of sp³-hybridized carbons (Fsp3) is 0.300. The molecule has 1 aliphatic heterocycles. The van der Waals surface area contributed by atoms with E-state index < -0.39 is 24.4 Å². The molecule has 0 aromatic heterocycles. The average molecular weight is 248 g/mol. The van der Waals surface area contributed by atoms with Crippen molar-refractivity contribution in [2.24, 2.45) is 0 Å². The fourth-order valence-corrected chi connectivity index (χ4v) is 1.42. The Labute approximate surface area is 93.6 Å². The Hall–Kier alpha value is -1.92. The number of halogens is 3. The molecule has 1 aliphatic rings. The number of rotatable bonds is 1. The molecule has 0 aliphatic carbocycles. The summed E-state index contributed by atoms with van der Waals surface area (Å²) in [5.41, 5.74) is -3.35. The van der Waals surface area contributed by atoms with Crippen LogP contribution < -0.4 is 9.47 Å². The van der Waals surface area contributed by atoms with Crippen molar-refractivity contribution < 1.29 is 32.5 Å². The molecule has 0 saturated carbocycles. The third kappa shape index (κ3) is 1.67. The summed E-state index contributed by atoms with van der Waals surface area (Å²) in [4.78, 5) is 10.8. The van der Waals surface area contributed by atoms with Crippen LogP contribution in [0.5, 0.6) is 11.5 Å². The molecule has 1 aromatic carbocycles. The van der Waals surface area contributed by atoms with E-state index in [1.807, 2.05) is 0 Å². The zero-order valence-corrected chi connectivity index (χ0v) is 8.32. The highest BCUT2D eigenvalue weighted by molar-refractivity contribution is 5.80. The van der Waals surface area contributed by atoms with Gasteiger partial charge in [-0.1, -0.05) is 12.1 Å². The van der Waals surface area contributed by atoms with E-state index in [1.165, 1.54) is 18.2 Å². The van der Waals surface area contributed by atoms with Crippen LogP contribution in [0.3, 0.4) is 0 Å². The molecule has 0 bridgehead atoms. The molecule has 1 atom stereocenters. The van der Waals surface area contributed by atoms with Crippen LogP contribution in [0.1, 0.15) is 0 Å². The van der Waals surface area contributed by atoms with Gasteiger partial charge in [-0.2, -0.15) is 13.2 Å². The van der Waals surface area contributed by atoms with Gasteiger partial charge in [-0.15, -0.1) is 0 Å². The van der Waals surface area contributed by atoms with Gasteiger partial charge in [0, 0.05) is 0 Å². The minimum Gasteiger partial charge on any atom is -0.484 e. The van der Waals surface area contributed by atoms with Crippen molar-refractivity contribution in [2.45, 2.75) is 11.8 Å². The lowest BCUT2D eigenvalue weighted by molar-refractivity contribution is -0.262. The van der Waals surface area contributed by atoms with Crippen molar-refractivity contribution in [1.82, 2.24) is 0 Å². The minimum absolute atomic E-state index is 0.0913. The molecule has 0 amide bonds. The van der Waals surface area contributed by atoms with Gasteiger partial charge in [0.15, 0.2) is 11.5 Å². The minimum atomic E-state index is -5.06. The van der Waals surface area contributed by atoms with Crippen LogP contribution in [0, 0.1) is 0 Å². The molecule has 1 unspecified atom stereocenters. The summed E-state index contributed by atoms with van der Waals surface area (Å²) in [5, 5.41) is 8.72. The summed E-state index contributed by atoms with van der Waals surface area (Å²) >= 11 is 0. The number of alkyl halides is 3. The molecular weight excluding hydrogens is 241 g/mol. The van der Waals surface area contributed by atoms with Crippen LogP contribution in [0.25, 0.3) is 0 Å². The van der Waals surface area contributed by atoms with E-state index in [1.54, 1.807) is 6.07 Å². The number of carboxylic acid groups (broad SMARTS) is 1. The number of aliphatic carboxylic acids is 1. The maximum absolute atomic E-state index is 12.8. The molecule has 0 saturated heterocycles. The summed E-state index contributed by atoms with van der Waals surface area (Å²) in [6, 6.07) is 5.59. The van der Waals surface area contributed by atoms with Crippen LogP contribution in [0.2, 0.25) is 0 Å². The standard InChI is InChI=1S/C10H7F3O4/c11-10(12,13)9(8(14)15)5-16-6-3-1-2-4-7(6)17-9/h1-4H,5H2,(H,14,15). The van der Waals surface area contributed by atoms with Gasteiger partial charge in [0.25, 0.3) is 0 Å². The third-order valence-electron chi connectivity index (χ3n) is 2.37. The summed E-state index contributed by atoms with van der Waals surface area (Å²) in [6.07, 6.45) is -5.06. The van der Waals surface area contributed by atoms with Gasteiger partial charge in [0.05, 0.1) is 0 Å². The van der Waals surface area contributed by atoms with E-state index >= 15 is 0 Å². The SMILES string of the molecule is O=C(O)C1(C(F)(F)F)COc2ccccc2O1. The van der Waals surface area contributed by atoms with E-state index in [9.17, 15) is 18.0 Å².